The van der Waals surface area contributed by atoms with Gasteiger partial charge in [-0.05, 0) is 38.0 Å². The fourth-order valence-electron chi connectivity index (χ4n) is 2.91. The first-order valence-electron chi connectivity index (χ1n) is 8.38. The first-order valence-corrected chi connectivity index (χ1v) is 8.38. The third-order valence-electron chi connectivity index (χ3n) is 4.43. The van der Waals surface area contributed by atoms with Crippen molar-refractivity contribution >= 4 is 0 Å². The molecule has 5 nitrogen and oxygen atoms in total. The molecule has 0 amide bonds. The Morgan fingerprint density at radius 1 is 1.08 bits per heavy atom. The summed E-state index contributed by atoms with van der Waals surface area (Å²) in [7, 11) is 5.45. The van der Waals surface area contributed by atoms with Gasteiger partial charge in [0, 0.05) is 51.7 Å². The van der Waals surface area contributed by atoms with E-state index >= 15 is 0 Å². The zero-order valence-corrected chi connectivity index (χ0v) is 15.5. The SMILES string of the molecule is COCCCN(Cc1ccc(OC)cc1)Cc1c(C)nn(C)c1C. The van der Waals surface area contributed by atoms with Crippen molar-refractivity contribution in [3.63, 3.8) is 0 Å². The van der Waals surface area contributed by atoms with Gasteiger partial charge in [-0.25, -0.2) is 0 Å². The molecule has 0 unspecified atom stereocenters. The van der Waals surface area contributed by atoms with Gasteiger partial charge in [0.2, 0.25) is 0 Å². The van der Waals surface area contributed by atoms with Crippen LogP contribution in [-0.4, -0.2) is 42.1 Å². The quantitative estimate of drug-likeness (QED) is 0.662. The lowest BCUT2D eigenvalue weighted by Gasteiger charge is -2.23. The van der Waals surface area contributed by atoms with E-state index in [1.165, 1.54) is 16.8 Å². The predicted octanol–water partition coefficient (Wildman–Crippen LogP) is 3.08. The lowest BCUT2D eigenvalue weighted by atomic mass is 10.1. The maximum Gasteiger partial charge on any atom is 0.118 e. The number of aromatic nitrogens is 2. The number of methoxy groups -OCH3 is 2. The molecule has 5 heteroatoms. The van der Waals surface area contributed by atoms with Gasteiger partial charge in [-0.3, -0.25) is 9.58 Å². The van der Waals surface area contributed by atoms with Crippen LogP contribution in [0.2, 0.25) is 0 Å². The van der Waals surface area contributed by atoms with Crippen molar-refractivity contribution in [1.29, 1.82) is 0 Å². The zero-order chi connectivity index (χ0) is 17.5. The molecule has 0 saturated heterocycles. The molecular formula is C19H29N3O2. The molecule has 0 fully saturated rings. The Morgan fingerprint density at radius 3 is 2.33 bits per heavy atom. The number of benzene rings is 1. The Bertz CT molecular complexity index is 635. The normalized spacial score (nSPS) is 11.2. The van der Waals surface area contributed by atoms with Crippen molar-refractivity contribution in [1.82, 2.24) is 14.7 Å². The largest absolute Gasteiger partial charge is 0.497 e. The van der Waals surface area contributed by atoms with Gasteiger partial charge >= 0.3 is 0 Å². The monoisotopic (exact) mass is 331 g/mol. The molecule has 0 radical (unpaired) electrons. The maximum absolute atomic E-state index is 5.24. The van der Waals surface area contributed by atoms with Crippen molar-refractivity contribution in [2.75, 3.05) is 27.4 Å². The molecule has 1 aromatic carbocycles. The molecule has 0 bridgehead atoms. The topological polar surface area (TPSA) is 39.5 Å². The van der Waals surface area contributed by atoms with Crippen LogP contribution in [0.25, 0.3) is 0 Å². The highest BCUT2D eigenvalue weighted by atomic mass is 16.5. The van der Waals surface area contributed by atoms with Crippen LogP contribution in [0, 0.1) is 13.8 Å². The van der Waals surface area contributed by atoms with Crippen LogP contribution in [0.5, 0.6) is 5.75 Å². The van der Waals surface area contributed by atoms with Gasteiger partial charge < -0.3 is 9.47 Å². The van der Waals surface area contributed by atoms with Crippen molar-refractivity contribution in [2.45, 2.75) is 33.4 Å². The summed E-state index contributed by atoms with van der Waals surface area (Å²) in [5, 5.41) is 4.54. The van der Waals surface area contributed by atoms with E-state index in [1.807, 2.05) is 23.9 Å². The summed E-state index contributed by atoms with van der Waals surface area (Å²) in [6.07, 6.45) is 1.02. The molecular weight excluding hydrogens is 302 g/mol. The first kappa shape index (κ1) is 18.5. The van der Waals surface area contributed by atoms with E-state index in [-0.39, 0.29) is 0 Å². The lowest BCUT2D eigenvalue weighted by molar-refractivity contribution is 0.166. The lowest BCUT2D eigenvalue weighted by Crippen LogP contribution is -2.25. The summed E-state index contributed by atoms with van der Waals surface area (Å²) in [5.41, 5.74) is 4.95. The Hall–Kier alpha value is -1.85. The third-order valence-corrected chi connectivity index (χ3v) is 4.43. The van der Waals surface area contributed by atoms with Crippen molar-refractivity contribution < 1.29 is 9.47 Å². The molecule has 0 aliphatic rings. The van der Waals surface area contributed by atoms with Gasteiger partial charge in [0.1, 0.15) is 5.75 Å². The number of rotatable bonds is 9. The van der Waals surface area contributed by atoms with Gasteiger partial charge in [-0.2, -0.15) is 5.10 Å². The molecule has 0 atom stereocenters. The van der Waals surface area contributed by atoms with Gasteiger partial charge in [-0.15, -0.1) is 0 Å². The summed E-state index contributed by atoms with van der Waals surface area (Å²) >= 11 is 0. The average Bonchev–Trinajstić information content (AvgIpc) is 2.82. The van der Waals surface area contributed by atoms with Gasteiger partial charge in [0.15, 0.2) is 0 Å². The average molecular weight is 331 g/mol. The summed E-state index contributed by atoms with van der Waals surface area (Å²) in [5.74, 6) is 0.892. The molecule has 0 spiro atoms. The number of aryl methyl sites for hydroxylation is 2. The molecule has 0 aliphatic carbocycles. The number of nitrogens with zero attached hydrogens (tertiary/aromatic N) is 3. The van der Waals surface area contributed by atoms with E-state index < -0.39 is 0 Å². The fourth-order valence-corrected chi connectivity index (χ4v) is 2.91. The van der Waals surface area contributed by atoms with Gasteiger partial charge in [0.25, 0.3) is 0 Å². The molecule has 132 valence electrons. The number of hydrogen-bond donors (Lipinski definition) is 0. The standard InChI is InChI=1S/C19H29N3O2/c1-15-19(16(2)21(3)20-15)14-22(11-6-12-23-4)13-17-7-9-18(24-5)10-8-17/h7-10H,6,11-14H2,1-5H3. The van der Waals surface area contributed by atoms with E-state index in [0.29, 0.717) is 0 Å². The minimum Gasteiger partial charge on any atom is -0.497 e. The summed E-state index contributed by atoms with van der Waals surface area (Å²) < 4.78 is 12.4. The van der Waals surface area contributed by atoms with E-state index in [9.17, 15) is 0 Å². The second kappa shape index (κ2) is 8.85. The molecule has 2 aromatic rings. The Balaban J connectivity index is 2.10. The van der Waals surface area contributed by atoms with Crippen molar-refractivity contribution in [3.05, 3.63) is 46.8 Å². The van der Waals surface area contributed by atoms with Crippen molar-refractivity contribution in [2.24, 2.45) is 7.05 Å². The van der Waals surface area contributed by atoms with Crippen LogP contribution in [0.1, 0.15) is 28.9 Å². The Kier molecular flexibility index (Phi) is 6.82. The molecule has 24 heavy (non-hydrogen) atoms. The molecule has 1 heterocycles. The highest BCUT2D eigenvalue weighted by molar-refractivity contribution is 5.28. The fraction of sp³-hybridized carbons (Fsp3) is 0.526. The highest BCUT2D eigenvalue weighted by Crippen LogP contribution is 2.18. The van der Waals surface area contributed by atoms with Crippen LogP contribution in [0.3, 0.4) is 0 Å². The summed E-state index contributed by atoms with van der Waals surface area (Å²) in [6, 6.07) is 8.29. The molecule has 2 rings (SSSR count). The predicted molar refractivity (Wildman–Crippen MR) is 96.3 cm³/mol. The zero-order valence-electron chi connectivity index (χ0n) is 15.5. The van der Waals surface area contributed by atoms with E-state index in [1.54, 1.807) is 14.2 Å². The van der Waals surface area contributed by atoms with Crippen LogP contribution in [-0.2, 0) is 24.9 Å². The van der Waals surface area contributed by atoms with Crippen LogP contribution >= 0.6 is 0 Å². The van der Waals surface area contributed by atoms with Crippen LogP contribution in [0.15, 0.2) is 24.3 Å². The second-order valence-corrected chi connectivity index (χ2v) is 6.18. The van der Waals surface area contributed by atoms with Crippen LogP contribution in [0.4, 0.5) is 0 Å². The highest BCUT2D eigenvalue weighted by Gasteiger charge is 2.14. The first-order chi connectivity index (χ1) is 11.5. The van der Waals surface area contributed by atoms with Crippen LogP contribution < -0.4 is 4.74 Å². The van der Waals surface area contributed by atoms with Crippen molar-refractivity contribution in [3.8, 4) is 5.75 Å². The maximum atomic E-state index is 5.24. The minimum atomic E-state index is 0.782. The smallest absolute Gasteiger partial charge is 0.118 e. The summed E-state index contributed by atoms with van der Waals surface area (Å²) in [6.45, 7) is 7.81. The summed E-state index contributed by atoms with van der Waals surface area (Å²) in [4.78, 5) is 2.46. The van der Waals surface area contributed by atoms with E-state index in [2.05, 4.69) is 36.0 Å². The van der Waals surface area contributed by atoms with Gasteiger partial charge in [-0.1, -0.05) is 12.1 Å². The molecule has 0 N–H and O–H groups in total. The second-order valence-electron chi connectivity index (χ2n) is 6.18. The third kappa shape index (κ3) is 4.82. The van der Waals surface area contributed by atoms with E-state index in [0.717, 1.165) is 44.1 Å². The Morgan fingerprint density at radius 2 is 1.79 bits per heavy atom. The molecule has 0 aliphatic heterocycles. The Labute approximate surface area is 145 Å². The molecule has 1 aromatic heterocycles. The molecule has 0 saturated carbocycles. The number of hydrogen-bond acceptors (Lipinski definition) is 4. The van der Waals surface area contributed by atoms with Gasteiger partial charge in [0.05, 0.1) is 12.8 Å². The number of ether oxygens (including phenoxy) is 2. The van der Waals surface area contributed by atoms with E-state index in [4.69, 9.17) is 9.47 Å². The minimum absolute atomic E-state index is 0.782.